The number of hydrogen-bond acceptors (Lipinski definition) is 4. The molecule has 0 amide bonds. The monoisotopic (exact) mass is 305 g/mol. The van der Waals surface area contributed by atoms with E-state index in [0.717, 1.165) is 17.1 Å². The SMILES string of the molecule is CC1(c2cccc(Cl)c2)CN=C(N)N1Cc1cccs1. The molecule has 20 heavy (non-hydrogen) atoms. The van der Waals surface area contributed by atoms with Crippen LogP contribution in [-0.2, 0) is 12.1 Å². The summed E-state index contributed by atoms with van der Waals surface area (Å²) in [5, 5.41) is 2.82. The number of nitrogens with two attached hydrogens (primary N) is 1. The topological polar surface area (TPSA) is 41.6 Å². The highest BCUT2D eigenvalue weighted by molar-refractivity contribution is 7.09. The molecule has 0 aliphatic carbocycles. The van der Waals surface area contributed by atoms with Crippen molar-refractivity contribution in [3.05, 3.63) is 57.2 Å². The Morgan fingerprint density at radius 2 is 2.25 bits per heavy atom. The first-order chi connectivity index (χ1) is 9.59. The molecule has 3 nitrogen and oxygen atoms in total. The lowest BCUT2D eigenvalue weighted by atomic mass is 9.91. The van der Waals surface area contributed by atoms with E-state index < -0.39 is 0 Å². The van der Waals surface area contributed by atoms with E-state index in [-0.39, 0.29) is 5.54 Å². The molecular weight excluding hydrogens is 290 g/mol. The molecule has 1 atom stereocenters. The van der Waals surface area contributed by atoms with Gasteiger partial charge in [0.05, 0.1) is 18.6 Å². The summed E-state index contributed by atoms with van der Waals surface area (Å²) in [5.74, 6) is 0.598. The van der Waals surface area contributed by atoms with E-state index in [2.05, 4.69) is 40.4 Å². The van der Waals surface area contributed by atoms with Crippen LogP contribution in [0.4, 0.5) is 0 Å². The number of thiophene rings is 1. The van der Waals surface area contributed by atoms with E-state index in [1.54, 1.807) is 11.3 Å². The van der Waals surface area contributed by atoms with Gasteiger partial charge < -0.3 is 10.6 Å². The first kappa shape index (κ1) is 13.5. The van der Waals surface area contributed by atoms with Crippen molar-refractivity contribution in [2.24, 2.45) is 10.7 Å². The molecule has 1 aliphatic heterocycles. The molecule has 0 spiro atoms. The third kappa shape index (κ3) is 2.30. The van der Waals surface area contributed by atoms with Crippen LogP contribution in [0.5, 0.6) is 0 Å². The van der Waals surface area contributed by atoms with Crippen LogP contribution in [0, 0.1) is 0 Å². The fourth-order valence-electron chi connectivity index (χ4n) is 2.54. The summed E-state index contributed by atoms with van der Waals surface area (Å²) in [5.41, 5.74) is 7.00. The van der Waals surface area contributed by atoms with E-state index >= 15 is 0 Å². The molecular formula is C15H16ClN3S. The summed E-state index contributed by atoms with van der Waals surface area (Å²) in [4.78, 5) is 7.87. The Hall–Kier alpha value is -1.52. The number of nitrogens with zero attached hydrogens (tertiary/aromatic N) is 2. The van der Waals surface area contributed by atoms with Crippen molar-refractivity contribution in [3.63, 3.8) is 0 Å². The zero-order chi connectivity index (χ0) is 14.2. The predicted octanol–water partition coefficient (Wildman–Crippen LogP) is 3.45. The maximum absolute atomic E-state index is 6.13. The molecule has 2 heterocycles. The van der Waals surface area contributed by atoms with Gasteiger partial charge in [-0.1, -0.05) is 29.8 Å². The Morgan fingerprint density at radius 1 is 1.40 bits per heavy atom. The Labute approximate surface area is 127 Å². The van der Waals surface area contributed by atoms with Gasteiger partial charge in [0, 0.05) is 9.90 Å². The smallest absolute Gasteiger partial charge is 0.192 e. The van der Waals surface area contributed by atoms with Gasteiger partial charge in [-0.2, -0.15) is 0 Å². The molecule has 0 bridgehead atoms. The maximum Gasteiger partial charge on any atom is 0.192 e. The summed E-state index contributed by atoms with van der Waals surface area (Å²) in [6, 6.07) is 12.1. The minimum atomic E-state index is -0.237. The summed E-state index contributed by atoms with van der Waals surface area (Å²) >= 11 is 7.86. The Kier molecular flexibility index (Phi) is 3.44. The quantitative estimate of drug-likeness (QED) is 0.943. The molecule has 0 saturated heterocycles. The van der Waals surface area contributed by atoms with Crippen LogP contribution in [0.15, 0.2) is 46.8 Å². The Balaban J connectivity index is 1.95. The zero-order valence-electron chi connectivity index (χ0n) is 11.2. The number of halogens is 1. The second kappa shape index (κ2) is 5.11. The van der Waals surface area contributed by atoms with Crippen LogP contribution in [0.2, 0.25) is 5.02 Å². The second-order valence-electron chi connectivity index (χ2n) is 5.12. The standard InChI is InChI=1S/C15H16ClN3S/c1-15(11-4-2-5-12(16)8-11)10-18-14(17)19(15)9-13-6-3-7-20-13/h2-8H,9-10H2,1H3,(H2,17,18). The van der Waals surface area contributed by atoms with Crippen molar-refractivity contribution >= 4 is 28.9 Å². The zero-order valence-corrected chi connectivity index (χ0v) is 12.8. The van der Waals surface area contributed by atoms with Gasteiger partial charge in [0.1, 0.15) is 0 Å². The number of rotatable bonds is 3. The number of aliphatic imine (C=N–C) groups is 1. The largest absolute Gasteiger partial charge is 0.370 e. The molecule has 104 valence electrons. The average molecular weight is 306 g/mol. The van der Waals surface area contributed by atoms with Crippen molar-refractivity contribution in [1.82, 2.24) is 4.90 Å². The lowest BCUT2D eigenvalue weighted by molar-refractivity contribution is 0.219. The van der Waals surface area contributed by atoms with Gasteiger partial charge >= 0.3 is 0 Å². The fourth-order valence-corrected chi connectivity index (χ4v) is 3.43. The normalized spacial score (nSPS) is 22.1. The average Bonchev–Trinajstić information content (AvgIpc) is 3.03. The van der Waals surface area contributed by atoms with Gasteiger partial charge in [0.15, 0.2) is 5.96 Å². The van der Waals surface area contributed by atoms with Crippen LogP contribution in [-0.4, -0.2) is 17.4 Å². The molecule has 5 heteroatoms. The third-order valence-electron chi connectivity index (χ3n) is 3.76. The second-order valence-corrected chi connectivity index (χ2v) is 6.59. The Morgan fingerprint density at radius 3 is 2.95 bits per heavy atom. The van der Waals surface area contributed by atoms with Crippen molar-refractivity contribution in [2.75, 3.05) is 6.54 Å². The molecule has 1 aromatic heterocycles. The molecule has 2 aromatic rings. The van der Waals surface area contributed by atoms with Crippen molar-refractivity contribution in [3.8, 4) is 0 Å². The molecule has 0 saturated carbocycles. The molecule has 1 aliphatic rings. The van der Waals surface area contributed by atoms with Crippen LogP contribution in [0.25, 0.3) is 0 Å². The van der Waals surface area contributed by atoms with Gasteiger partial charge in [0.25, 0.3) is 0 Å². The maximum atomic E-state index is 6.13. The first-order valence-corrected chi connectivity index (χ1v) is 7.71. The highest BCUT2D eigenvalue weighted by Crippen LogP contribution is 2.35. The lowest BCUT2D eigenvalue weighted by Gasteiger charge is -2.36. The predicted molar refractivity (Wildman–Crippen MR) is 85.2 cm³/mol. The molecule has 1 aromatic carbocycles. The Bertz CT molecular complexity index is 638. The molecule has 0 fully saturated rings. The minimum absolute atomic E-state index is 0.237. The van der Waals surface area contributed by atoms with Crippen LogP contribution >= 0.6 is 22.9 Å². The van der Waals surface area contributed by atoms with Gasteiger partial charge in [-0.15, -0.1) is 11.3 Å². The minimum Gasteiger partial charge on any atom is -0.370 e. The van der Waals surface area contributed by atoms with Gasteiger partial charge in [-0.05, 0) is 36.1 Å². The van der Waals surface area contributed by atoms with Gasteiger partial charge in [0.2, 0.25) is 0 Å². The van der Waals surface area contributed by atoms with Gasteiger partial charge in [-0.25, -0.2) is 0 Å². The van der Waals surface area contributed by atoms with Crippen LogP contribution in [0.3, 0.4) is 0 Å². The van der Waals surface area contributed by atoms with E-state index in [1.807, 2.05) is 18.2 Å². The van der Waals surface area contributed by atoms with Crippen molar-refractivity contribution < 1.29 is 0 Å². The molecule has 1 unspecified atom stereocenters. The van der Waals surface area contributed by atoms with Gasteiger partial charge in [-0.3, -0.25) is 4.99 Å². The molecule has 3 rings (SSSR count). The van der Waals surface area contributed by atoms with E-state index in [4.69, 9.17) is 17.3 Å². The fraction of sp³-hybridized carbons (Fsp3) is 0.267. The van der Waals surface area contributed by atoms with Crippen LogP contribution < -0.4 is 5.73 Å². The third-order valence-corrected chi connectivity index (χ3v) is 4.86. The van der Waals surface area contributed by atoms with Crippen molar-refractivity contribution in [2.45, 2.75) is 19.0 Å². The summed E-state index contributed by atoms with van der Waals surface area (Å²) < 4.78 is 0. The van der Waals surface area contributed by atoms with E-state index in [1.165, 1.54) is 4.88 Å². The number of guanidine groups is 1. The highest BCUT2D eigenvalue weighted by atomic mass is 35.5. The highest BCUT2D eigenvalue weighted by Gasteiger charge is 2.39. The number of hydrogen-bond donors (Lipinski definition) is 1. The number of benzene rings is 1. The summed E-state index contributed by atoms with van der Waals surface area (Å²) in [6.07, 6.45) is 0. The van der Waals surface area contributed by atoms with E-state index in [0.29, 0.717) is 12.5 Å². The molecule has 2 N–H and O–H groups in total. The summed E-state index contributed by atoms with van der Waals surface area (Å²) in [7, 11) is 0. The summed E-state index contributed by atoms with van der Waals surface area (Å²) in [6.45, 7) is 3.59. The van der Waals surface area contributed by atoms with Crippen molar-refractivity contribution in [1.29, 1.82) is 0 Å². The first-order valence-electron chi connectivity index (χ1n) is 6.45. The van der Waals surface area contributed by atoms with Crippen LogP contribution in [0.1, 0.15) is 17.4 Å². The lowest BCUT2D eigenvalue weighted by Crippen LogP contribution is -2.46. The van der Waals surface area contributed by atoms with E-state index in [9.17, 15) is 0 Å². The molecule has 0 radical (unpaired) electrons.